The number of pyridine rings is 1. The predicted molar refractivity (Wildman–Crippen MR) is 119 cm³/mol. The number of hydrogen-bond donors (Lipinski definition) is 0. The first-order valence-corrected chi connectivity index (χ1v) is 11.1. The Hall–Kier alpha value is -2.84. The summed E-state index contributed by atoms with van der Waals surface area (Å²) in [6, 6.07) is 14.8. The topological polar surface area (TPSA) is 68.3 Å². The maximum atomic E-state index is 12.4. The Morgan fingerprint density at radius 1 is 1.03 bits per heavy atom. The van der Waals surface area contributed by atoms with Crippen molar-refractivity contribution in [2.45, 2.75) is 23.8 Å². The Morgan fingerprint density at radius 3 is 2.67 bits per heavy atom. The van der Waals surface area contributed by atoms with Crippen molar-refractivity contribution in [2.75, 3.05) is 18.0 Å². The van der Waals surface area contributed by atoms with Gasteiger partial charge in [0, 0.05) is 31.1 Å². The van der Waals surface area contributed by atoms with Gasteiger partial charge in [0.15, 0.2) is 5.16 Å². The third kappa shape index (κ3) is 3.57. The number of halogens is 1. The van der Waals surface area contributed by atoms with Gasteiger partial charge in [0.05, 0.1) is 16.4 Å². The van der Waals surface area contributed by atoms with Crippen LogP contribution in [0.4, 0.5) is 5.95 Å². The molecule has 4 aromatic rings. The Bertz CT molecular complexity index is 1260. The van der Waals surface area contributed by atoms with Crippen LogP contribution in [0.15, 0.2) is 64.7 Å². The molecule has 0 saturated carbocycles. The maximum Gasteiger partial charge on any atom is 0.258 e. The van der Waals surface area contributed by atoms with Crippen molar-refractivity contribution in [1.29, 1.82) is 0 Å². The minimum atomic E-state index is -0.0958. The molecule has 5 rings (SSSR count). The molecule has 1 fully saturated rings. The van der Waals surface area contributed by atoms with Gasteiger partial charge in [0.25, 0.3) is 5.56 Å². The third-order valence-electron chi connectivity index (χ3n) is 5.07. The zero-order valence-corrected chi connectivity index (χ0v) is 17.7. The first-order valence-electron chi connectivity index (χ1n) is 9.76. The summed E-state index contributed by atoms with van der Waals surface area (Å²) in [7, 11) is 0. The van der Waals surface area contributed by atoms with E-state index in [0.717, 1.165) is 42.7 Å². The van der Waals surface area contributed by atoms with Crippen LogP contribution in [0.5, 0.6) is 0 Å². The summed E-state index contributed by atoms with van der Waals surface area (Å²) >= 11 is 8.00. The molecule has 1 aliphatic heterocycles. The number of nitrogens with zero attached hydrogens (tertiary/aromatic N) is 6. The van der Waals surface area contributed by atoms with Crippen LogP contribution in [0, 0.1) is 0 Å². The van der Waals surface area contributed by atoms with Crippen LogP contribution in [0.25, 0.3) is 11.3 Å². The molecule has 0 N–H and O–H groups in total. The lowest BCUT2D eigenvalue weighted by atomic mass is 10.3. The number of benzene rings is 1. The van der Waals surface area contributed by atoms with E-state index in [4.69, 9.17) is 11.6 Å². The van der Waals surface area contributed by atoms with Crippen LogP contribution in [0.1, 0.15) is 18.5 Å². The molecule has 9 heteroatoms. The van der Waals surface area contributed by atoms with Crippen LogP contribution < -0.4 is 10.5 Å². The molecule has 0 bridgehead atoms. The van der Waals surface area contributed by atoms with Crippen LogP contribution in [0.3, 0.4) is 0 Å². The number of hydrogen-bond acceptors (Lipinski definition) is 6. The lowest BCUT2D eigenvalue weighted by molar-refractivity contribution is 0.841. The molecule has 7 nitrogen and oxygen atoms in total. The highest BCUT2D eigenvalue weighted by molar-refractivity contribution is 7.98. The highest BCUT2D eigenvalue weighted by Gasteiger charge is 2.23. The van der Waals surface area contributed by atoms with Gasteiger partial charge in [-0.3, -0.25) is 13.8 Å². The van der Waals surface area contributed by atoms with E-state index in [9.17, 15) is 4.79 Å². The average molecular weight is 439 g/mol. The minimum Gasteiger partial charge on any atom is -0.341 e. The molecular weight excluding hydrogens is 420 g/mol. The van der Waals surface area contributed by atoms with Crippen LogP contribution >= 0.6 is 23.4 Å². The van der Waals surface area contributed by atoms with E-state index >= 15 is 0 Å². The van der Waals surface area contributed by atoms with Gasteiger partial charge in [-0.15, -0.1) is 10.2 Å². The van der Waals surface area contributed by atoms with Crippen molar-refractivity contribution < 1.29 is 0 Å². The standard InChI is InChI=1S/C21H19ClN6OS/c22-16-7-1-2-8-17(16)28-20(26-10-5-6-11-26)24-25-21(28)30-14-15-13-19(29)27-12-4-3-9-18(27)23-15/h1-4,7-9,12-13H,5-6,10-11,14H2. The largest absolute Gasteiger partial charge is 0.341 e. The van der Waals surface area contributed by atoms with E-state index < -0.39 is 0 Å². The van der Waals surface area contributed by atoms with E-state index in [1.165, 1.54) is 16.2 Å². The predicted octanol–water partition coefficient (Wildman–Crippen LogP) is 3.82. The molecule has 0 amide bonds. The zero-order valence-electron chi connectivity index (χ0n) is 16.1. The van der Waals surface area contributed by atoms with Crippen molar-refractivity contribution >= 4 is 35.0 Å². The second kappa shape index (κ2) is 8.12. The van der Waals surface area contributed by atoms with Crippen molar-refractivity contribution in [3.63, 3.8) is 0 Å². The van der Waals surface area contributed by atoms with Gasteiger partial charge in [-0.05, 0) is 37.1 Å². The molecule has 1 aromatic carbocycles. The normalized spacial score (nSPS) is 14.0. The Labute approximate surface area is 182 Å². The molecule has 0 spiro atoms. The second-order valence-corrected chi connectivity index (χ2v) is 8.42. The van der Waals surface area contributed by atoms with Gasteiger partial charge in [-0.1, -0.05) is 41.6 Å². The maximum absolute atomic E-state index is 12.4. The highest BCUT2D eigenvalue weighted by Crippen LogP contribution is 2.32. The van der Waals surface area contributed by atoms with E-state index in [1.807, 2.05) is 47.0 Å². The summed E-state index contributed by atoms with van der Waals surface area (Å²) in [6.07, 6.45) is 4.00. The monoisotopic (exact) mass is 438 g/mol. The van der Waals surface area contributed by atoms with E-state index in [1.54, 1.807) is 12.3 Å². The molecule has 0 atom stereocenters. The molecule has 0 unspecified atom stereocenters. The molecule has 0 radical (unpaired) electrons. The van der Waals surface area contributed by atoms with Gasteiger partial charge in [0.1, 0.15) is 5.65 Å². The van der Waals surface area contributed by atoms with Gasteiger partial charge < -0.3 is 4.90 Å². The number of para-hydroxylation sites is 1. The van der Waals surface area contributed by atoms with Gasteiger partial charge >= 0.3 is 0 Å². The van der Waals surface area contributed by atoms with Gasteiger partial charge in [-0.25, -0.2) is 4.98 Å². The number of anilines is 1. The van der Waals surface area contributed by atoms with Crippen molar-refractivity contribution in [2.24, 2.45) is 0 Å². The lowest BCUT2D eigenvalue weighted by Gasteiger charge is -2.19. The average Bonchev–Trinajstić information content (AvgIpc) is 3.42. The molecule has 3 aromatic heterocycles. The molecule has 4 heterocycles. The number of fused-ring (bicyclic) bond motifs is 1. The summed E-state index contributed by atoms with van der Waals surface area (Å²) < 4.78 is 3.54. The SMILES string of the molecule is O=c1cc(CSc2nnc(N3CCCC3)n2-c2ccccc2Cl)nc2ccccn12. The molecule has 1 aliphatic rings. The van der Waals surface area contributed by atoms with Crippen molar-refractivity contribution in [3.05, 3.63) is 75.8 Å². The number of rotatable bonds is 5. The fourth-order valence-electron chi connectivity index (χ4n) is 3.64. The molecule has 1 saturated heterocycles. The highest BCUT2D eigenvalue weighted by atomic mass is 35.5. The van der Waals surface area contributed by atoms with Crippen molar-refractivity contribution in [1.82, 2.24) is 24.1 Å². The second-order valence-electron chi connectivity index (χ2n) is 7.07. The summed E-state index contributed by atoms with van der Waals surface area (Å²) in [6.45, 7) is 1.91. The minimum absolute atomic E-state index is 0.0958. The quantitative estimate of drug-likeness (QED) is 0.441. The molecular formula is C21H19ClN6OS. The van der Waals surface area contributed by atoms with Crippen molar-refractivity contribution in [3.8, 4) is 5.69 Å². The molecule has 0 aliphatic carbocycles. The first-order chi connectivity index (χ1) is 14.7. The van der Waals surface area contributed by atoms with Gasteiger partial charge in [-0.2, -0.15) is 0 Å². The van der Waals surface area contributed by atoms with Crippen LogP contribution in [-0.4, -0.2) is 37.2 Å². The first kappa shape index (κ1) is 19.1. The van der Waals surface area contributed by atoms with E-state index in [0.29, 0.717) is 22.1 Å². The molecule has 30 heavy (non-hydrogen) atoms. The van der Waals surface area contributed by atoms with Crippen LogP contribution in [-0.2, 0) is 5.75 Å². The fraction of sp³-hybridized carbons (Fsp3) is 0.238. The number of aromatic nitrogens is 5. The summed E-state index contributed by atoms with van der Waals surface area (Å²) in [5.74, 6) is 1.30. The summed E-state index contributed by atoms with van der Waals surface area (Å²) in [5.41, 5.74) is 2.08. The van der Waals surface area contributed by atoms with Crippen LogP contribution in [0.2, 0.25) is 5.02 Å². The third-order valence-corrected chi connectivity index (χ3v) is 6.35. The summed E-state index contributed by atoms with van der Waals surface area (Å²) in [4.78, 5) is 19.2. The van der Waals surface area contributed by atoms with Gasteiger partial charge in [0.2, 0.25) is 5.95 Å². The Kier molecular flexibility index (Phi) is 5.18. The lowest BCUT2D eigenvalue weighted by Crippen LogP contribution is -2.22. The summed E-state index contributed by atoms with van der Waals surface area (Å²) in [5, 5.41) is 10.3. The fourth-order valence-corrected chi connectivity index (χ4v) is 4.69. The Morgan fingerprint density at radius 2 is 1.83 bits per heavy atom. The zero-order chi connectivity index (χ0) is 20.5. The molecule has 152 valence electrons. The smallest absolute Gasteiger partial charge is 0.258 e. The van der Waals surface area contributed by atoms with E-state index in [-0.39, 0.29) is 5.56 Å². The van der Waals surface area contributed by atoms with E-state index in [2.05, 4.69) is 20.1 Å². The number of thioether (sulfide) groups is 1. The Balaban J connectivity index is 1.50.